The molecular formula is C16H21N3O3S. The van der Waals surface area contributed by atoms with Gasteiger partial charge in [0.2, 0.25) is 6.10 Å². The first kappa shape index (κ1) is 15.9. The van der Waals surface area contributed by atoms with Crippen molar-refractivity contribution in [2.24, 2.45) is 0 Å². The minimum absolute atomic E-state index is 0.0199. The summed E-state index contributed by atoms with van der Waals surface area (Å²) >= 11 is 5.31. The van der Waals surface area contributed by atoms with E-state index in [2.05, 4.69) is 10.2 Å². The van der Waals surface area contributed by atoms with Gasteiger partial charge in [-0.2, -0.15) is 0 Å². The molecule has 23 heavy (non-hydrogen) atoms. The molecule has 0 unspecified atom stereocenters. The molecule has 7 heteroatoms. The maximum Gasteiger partial charge on any atom is 0.267 e. The van der Waals surface area contributed by atoms with Gasteiger partial charge in [0.15, 0.2) is 16.6 Å². The number of amides is 1. The Bertz CT molecular complexity index is 588. The second-order valence-electron chi connectivity index (χ2n) is 5.51. The molecule has 0 aliphatic carbocycles. The fourth-order valence-corrected chi connectivity index (χ4v) is 3.06. The summed E-state index contributed by atoms with van der Waals surface area (Å²) < 4.78 is 11.4. The average molecular weight is 335 g/mol. The van der Waals surface area contributed by atoms with Gasteiger partial charge in [-0.1, -0.05) is 12.1 Å². The molecule has 1 atom stereocenters. The molecule has 2 heterocycles. The van der Waals surface area contributed by atoms with Gasteiger partial charge >= 0.3 is 0 Å². The smallest absolute Gasteiger partial charge is 0.267 e. The minimum atomic E-state index is -0.572. The third-order valence-electron chi connectivity index (χ3n) is 3.99. The van der Waals surface area contributed by atoms with E-state index in [1.54, 1.807) is 0 Å². The lowest BCUT2D eigenvalue weighted by atomic mass is 10.2. The molecule has 2 aliphatic heterocycles. The zero-order valence-corrected chi connectivity index (χ0v) is 14.0. The number of hydrogen-bond donors (Lipinski definition) is 1. The zero-order chi connectivity index (χ0) is 16.2. The summed E-state index contributed by atoms with van der Waals surface area (Å²) in [4.78, 5) is 16.5. The van der Waals surface area contributed by atoms with Gasteiger partial charge < -0.3 is 24.6 Å². The van der Waals surface area contributed by atoms with Gasteiger partial charge in [-0.15, -0.1) is 0 Å². The van der Waals surface area contributed by atoms with Gasteiger partial charge in [0, 0.05) is 32.7 Å². The fourth-order valence-electron chi connectivity index (χ4n) is 2.74. The van der Waals surface area contributed by atoms with Gasteiger partial charge in [-0.3, -0.25) is 4.79 Å². The molecular weight excluding hydrogens is 314 g/mol. The Balaban J connectivity index is 1.55. The number of para-hydroxylation sites is 2. The standard InChI is InChI=1S/C16H21N3O3S/c1-2-17-16(23)19-9-7-18(8-10-19)15(20)14-11-21-12-5-3-4-6-13(12)22-14/h3-6,14H,2,7-11H2,1H3,(H,17,23)/t14-/m0/s1. The second-order valence-corrected chi connectivity index (χ2v) is 5.90. The molecule has 1 saturated heterocycles. The number of hydrogen-bond acceptors (Lipinski definition) is 4. The van der Waals surface area contributed by atoms with Crippen LogP contribution in [0.15, 0.2) is 24.3 Å². The van der Waals surface area contributed by atoms with Crippen LogP contribution in [0.3, 0.4) is 0 Å². The van der Waals surface area contributed by atoms with Crippen molar-refractivity contribution < 1.29 is 14.3 Å². The Kier molecular flexibility index (Phi) is 4.85. The number of thiocarbonyl (C=S) groups is 1. The Morgan fingerprint density at radius 2 is 1.87 bits per heavy atom. The minimum Gasteiger partial charge on any atom is -0.485 e. The fraction of sp³-hybridized carbons (Fsp3) is 0.500. The second kappa shape index (κ2) is 7.04. The Morgan fingerprint density at radius 1 is 1.22 bits per heavy atom. The van der Waals surface area contributed by atoms with Crippen LogP contribution < -0.4 is 14.8 Å². The van der Waals surface area contributed by atoms with Crippen molar-refractivity contribution in [3.05, 3.63) is 24.3 Å². The normalized spacial score (nSPS) is 20.1. The molecule has 1 fully saturated rings. The highest BCUT2D eigenvalue weighted by Gasteiger charge is 2.32. The van der Waals surface area contributed by atoms with Crippen molar-refractivity contribution in [3.8, 4) is 11.5 Å². The number of nitrogens with one attached hydrogen (secondary N) is 1. The van der Waals surface area contributed by atoms with Gasteiger partial charge in [0.1, 0.15) is 6.61 Å². The quantitative estimate of drug-likeness (QED) is 0.810. The number of fused-ring (bicyclic) bond motifs is 1. The van der Waals surface area contributed by atoms with Crippen LogP contribution in [0.4, 0.5) is 0 Å². The maximum absolute atomic E-state index is 12.6. The van der Waals surface area contributed by atoms with E-state index in [4.69, 9.17) is 21.7 Å². The topological polar surface area (TPSA) is 54.0 Å². The first-order chi connectivity index (χ1) is 11.2. The molecule has 1 aromatic rings. The first-order valence-electron chi connectivity index (χ1n) is 7.89. The Morgan fingerprint density at radius 3 is 2.57 bits per heavy atom. The number of ether oxygens (including phenoxy) is 2. The number of benzene rings is 1. The van der Waals surface area contributed by atoms with Crippen molar-refractivity contribution in [2.75, 3.05) is 39.3 Å². The molecule has 0 radical (unpaired) electrons. The molecule has 1 aromatic carbocycles. The van der Waals surface area contributed by atoms with E-state index in [9.17, 15) is 4.79 Å². The number of nitrogens with zero attached hydrogens (tertiary/aromatic N) is 2. The van der Waals surface area contributed by atoms with Gasteiger partial charge in [0.05, 0.1) is 0 Å². The molecule has 0 spiro atoms. The zero-order valence-electron chi connectivity index (χ0n) is 13.2. The lowest BCUT2D eigenvalue weighted by molar-refractivity contribution is -0.142. The van der Waals surface area contributed by atoms with Crippen LogP contribution in [0.1, 0.15) is 6.92 Å². The van der Waals surface area contributed by atoms with Crippen molar-refractivity contribution in [2.45, 2.75) is 13.0 Å². The predicted octanol–water partition coefficient (Wildman–Crippen LogP) is 0.865. The third-order valence-corrected chi connectivity index (χ3v) is 4.39. The van der Waals surface area contributed by atoms with Crippen LogP contribution in [0, 0.1) is 0 Å². The van der Waals surface area contributed by atoms with Gasteiger partial charge in [-0.05, 0) is 31.3 Å². The molecule has 2 aliphatic rings. The lowest BCUT2D eigenvalue weighted by Gasteiger charge is -2.38. The van der Waals surface area contributed by atoms with Crippen molar-refractivity contribution in [1.82, 2.24) is 15.1 Å². The van der Waals surface area contributed by atoms with Gasteiger partial charge in [0.25, 0.3) is 5.91 Å². The highest BCUT2D eigenvalue weighted by molar-refractivity contribution is 7.80. The van der Waals surface area contributed by atoms with Crippen LogP contribution in [-0.4, -0.2) is 66.3 Å². The summed E-state index contributed by atoms with van der Waals surface area (Å²) in [6.07, 6.45) is -0.572. The number of carbonyl (C=O) groups excluding carboxylic acids is 1. The van der Waals surface area contributed by atoms with E-state index >= 15 is 0 Å². The summed E-state index contributed by atoms with van der Waals surface area (Å²) in [5, 5.41) is 3.90. The summed E-state index contributed by atoms with van der Waals surface area (Å²) in [6, 6.07) is 7.42. The van der Waals surface area contributed by atoms with Crippen LogP contribution in [0.2, 0.25) is 0 Å². The van der Waals surface area contributed by atoms with E-state index < -0.39 is 6.10 Å². The lowest BCUT2D eigenvalue weighted by Crippen LogP contribution is -2.56. The Labute approximate surface area is 141 Å². The summed E-state index contributed by atoms with van der Waals surface area (Å²) in [5.74, 6) is 1.30. The highest BCUT2D eigenvalue weighted by Crippen LogP contribution is 2.31. The van der Waals surface area contributed by atoms with Crippen LogP contribution in [-0.2, 0) is 4.79 Å². The van der Waals surface area contributed by atoms with Crippen LogP contribution >= 0.6 is 12.2 Å². The summed E-state index contributed by atoms with van der Waals surface area (Å²) in [5.41, 5.74) is 0. The van der Waals surface area contributed by atoms with E-state index in [0.717, 1.165) is 24.7 Å². The van der Waals surface area contributed by atoms with Crippen molar-refractivity contribution in [1.29, 1.82) is 0 Å². The molecule has 0 aromatic heterocycles. The maximum atomic E-state index is 12.6. The number of rotatable bonds is 2. The van der Waals surface area contributed by atoms with E-state index in [1.807, 2.05) is 36.1 Å². The molecule has 0 bridgehead atoms. The summed E-state index contributed by atoms with van der Waals surface area (Å²) in [6.45, 7) is 5.85. The summed E-state index contributed by atoms with van der Waals surface area (Å²) in [7, 11) is 0. The SMILES string of the molecule is CCNC(=S)N1CCN(C(=O)[C@@H]2COc3ccccc3O2)CC1. The first-order valence-corrected chi connectivity index (χ1v) is 8.30. The van der Waals surface area contributed by atoms with Crippen molar-refractivity contribution >= 4 is 23.2 Å². The van der Waals surface area contributed by atoms with E-state index in [1.165, 1.54) is 0 Å². The van der Waals surface area contributed by atoms with Crippen LogP contribution in [0.5, 0.6) is 11.5 Å². The van der Waals surface area contributed by atoms with Crippen LogP contribution in [0.25, 0.3) is 0 Å². The molecule has 0 saturated carbocycles. The predicted molar refractivity (Wildman–Crippen MR) is 90.8 cm³/mol. The van der Waals surface area contributed by atoms with E-state index in [-0.39, 0.29) is 12.5 Å². The molecule has 1 amide bonds. The van der Waals surface area contributed by atoms with Crippen molar-refractivity contribution in [3.63, 3.8) is 0 Å². The Hall–Kier alpha value is -2.02. The van der Waals surface area contributed by atoms with Gasteiger partial charge in [-0.25, -0.2) is 0 Å². The third kappa shape index (κ3) is 3.50. The van der Waals surface area contributed by atoms with E-state index in [0.29, 0.717) is 24.6 Å². The molecule has 1 N–H and O–H groups in total. The average Bonchev–Trinajstić information content (AvgIpc) is 2.61. The molecule has 6 nitrogen and oxygen atoms in total. The highest BCUT2D eigenvalue weighted by atomic mass is 32.1. The molecule has 3 rings (SSSR count). The molecule has 124 valence electrons. The number of carbonyl (C=O) groups is 1. The largest absolute Gasteiger partial charge is 0.485 e. The monoisotopic (exact) mass is 335 g/mol. The number of piperazine rings is 1.